The number of nitrogens with one attached hydrogen (secondary N) is 1. The van der Waals surface area contributed by atoms with E-state index in [0.29, 0.717) is 22.0 Å². The van der Waals surface area contributed by atoms with Gasteiger partial charge in [0.2, 0.25) is 0 Å². The molecule has 0 spiro atoms. The summed E-state index contributed by atoms with van der Waals surface area (Å²) in [5, 5.41) is 3.42. The molecule has 108 valence electrons. The number of hydrogen-bond acceptors (Lipinski definition) is 2. The molecule has 5 heteroatoms. The molecule has 0 fully saturated rings. The van der Waals surface area contributed by atoms with Gasteiger partial charge in [-0.15, -0.1) is 0 Å². The average molecular weight is 302 g/mol. The van der Waals surface area contributed by atoms with E-state index in [2.05, 4.69) is 17.2 Å². The summed E-state index contributed by atoms with van der Waals surface area (Å²) in [7, 11) is 0. The number of nitrogens with zero attached hydrogens (tertiary/aromatic N) is 1. The quantitative estimate of drug-likeness (QED) is 0.856. The van der Waals surface area contributed by atoms with Gasteiger partial charge in [0, 0.05) is 23.3 Å². The Hall–Kier alpha value is -2.22. The van der Waals surface area contributed by atoms with Crippen LogP contribution in [0.3, 0.4) is 0 Å². The van der Waals surface area contributed by atoms with Gasteiger partial charge in [-0.25, -0.2) is 0 Å². The Bertz CT molecular complexity index is 710. The van der Waals surface area contributed by atoms with E-state index in [0.717, 1.165) is 6.54 Å². The number of aryl methyl sites for hydroxylation is 1. The molecule has 0 saturated carbocycles. The summed E-state index contributed by atoms with van der Waals surface area (Å²) in [6, 6.07) is 8.78. The standard InChI is InChI=1S/C16H16ClN3O/c1-2-20-10-4-6-15(20)16(21)19-14-8-7-13(17)11-12(14)5-3-9-18/h4,6-8,10-11H,2,9,18H2,1H3,(H,19,21). The van der Waals surface area contributed by atoms with Crippen molar-refractivity contribution >= 4 is 23.2 Å². The minimum absolute atomic E-state index is 0.181. The van der Waals surface area contributed by atoms with Crippen molar-refractivity contribution in [1.82, 2.24) is 4.57 Å². The number of halogens is 1. The SMILES string of the molecule is CCn1cccc1C(=O)Nc1ccc(Cl)cc1C#CCN. The van der Waals surface area contributed by atoms with Crippen molar-refractivity contribution in [3.8, 4) is 11.8 Å². The van der Waals surface area contributed by atoms with Crippen LogP contribution in [0.5, 0.6) is 0 Å². The lowest BCUT2D eigenvalue weighted by Crippen LogP contribution is -2.17. The molecule has 0 radical (unpaired) electrons. The van der Waals surface area contributed by atoms with Crippen LogP contribution >= 0.6 is 11.6 Å². The summed E-state index contributed by atoms with van der Waals surface area (Å²) in [6.07, 6.45) is 1.87. The highest BCUT2D eigenvalue weighted by atomic mass is 35.5. The molecular formula is C16H16ClN3O. The smallest absolute Gasteiger partial charge is 0.272 e. The van der Waals surface area contributed by atoms with Crippen LogP contribution in [0.2, 0.25) is 5.02 Å². The van der Waals surface area contributed by atoms with Gasteiger partial charge in [0.25, 0.3) is 5.91 Å². The van der Waals surface area contributed by atoms with Crippen LogP contribution in [-0.4, -0.2) is 17.0 Å². The lowest BCUT2D eigenvalue weighted by atomic mass is 10.1. The zero-order chi connectivity index (χ0) is 15.2. The predicted molar refractivity (Wildman–Crippen MR) is 85.4 cm³/mol. The minimum Gasteiger partial charge on any atom is -0.344 e. The Morgan fingerprint density at radius 1 is 1.43 bits per heavy atom. The summed E-state index contributed by atoms with van der Waals surface area (Å²) in [5.41, 5.74) is 7.25. The molecule has 0 aliphatic heterocycles. The third kappa shape index (κ3) is 3.66. The van der Waals surface area contributed by atoms with Crippen LogP contribution in [0.1, 0.15) is 23.0 Å². The first-order valence-electron chi connectivity index (χ1n) is 6.60. The van der Waals surface area contributed by atoms with Crippen LogP contribution in [0.25, 0.3) is 0 Å². The number of anilines is 1. The summed E-state index contributed by atoms with van der Waals surface area (Å²) in [6.45, 7) is 2.96. The minimum atomic E-state index is -0.181. The molecule has 0 atom stereocenters. The largest absolute Gasteiger partial charge is 0.344 e. The normalized spacial score (nSPS) is 9.86. The van der Waals surface area contributed by atoms with E-state index >= 15 is 0 Å². The van der Waals surface area contributed by atoms with Gasteiger partial charge in [-0.05, 0) is 37.3 Å². The topological polar surface area (TPSA) is 60.0 Å². The van der Waals surface area contributed by atoms with Gasteiger partial charge in [0.15, 0.2) is 0 Å². The number of amides is 1. The second kappa shape index (κ2) is 6.98. The molecule has 1 heterocycles. The molecule has 0 unspecified atom stereocenters. The van der Waals surface area contributed by atoms with Crippen molar-refractivity contribution in [1.29, 1.82) is 0 Å². The Labute approximate surface area is 128 Å². The van der Waals surface area contributed by atoms with Gasteiger partial charge in [-0.3, -0.25) is 4.79 Å². The van der Waals surface area contributed by atoms with E-state index < -0.39 is 0 Å². The maximum atomic E-state index is 12.3. The number of carbonyl (C=O) groups is 1. The Morgan fingerprint density at radius 3 is 2.95 bits per heavy atom. The first-order valence-corrected chi connectivity index (χ1v) is 6.98. The number of rotatable bonds is 3. The first kappa shape index (κ1) is 15.2. The molecule has 21 heavy (non-hydrogen) atoms. The number of nitrogens with two attached hydrogens (primary N) is 1. The monoisotopic (exact) mass is 301 g/mol. The van der Waals surface area contributed by atoms with E-state index in [1.54, 1.807) is 24.3 Å². The maximum Gasteiger partial charge on any atom is 0.272 e. The first-order chi connectivity index (χ1) is 10.2. The van der Waals surface area contributed by atoms with Crippen molar-refractivity contribution < 1.29 is 4.79 Å². The van der Waals surface area contributed by atoms with E-state index in [4.69, 9.17) is 17.3 Å². The Kier molecular flexibility index (Phi) is 5.04. The highest BCUT2D eigenvalue weighted by molar-refractivity contribution is 6.30. The molecular weight excluding hydrogens is 286 g/mol. The molecule has 1 aromatic heterocycles. The second-order valence-corrected chi connectivity index (χ2v) is 4.77. The number of carbonyl (C=O) groups excluding carboxylic acids is 1. The van der Waals surface area contributed by atoms with E-state index in [1.165, 1.54) is 0 Å². The van der Waals surface area contributed by atoms with Crippen LogP contribution in [0, 0.1) is 11.8 Å². The van der Waals surface area contributed by atoms with Crippen LogP contribution < -0.4 is 11.1 Å². The molecule has 0 aliphatic rings. The van der Waals surface area contributed by atoms with E-state index in [-0.39, 0.29) is 12.5 Å². The average Bonchev–Trinajstić information content (AvgIpc) is 2.96. The Morgan fingerprint density at radius 2 is 2.24 bits per heavy atom. The summed E-state index contributed by atoms with van der Waals surface area (Å²) in [5.74, 6) is 5.50. The van der Waals surface area contributed by atoms with Crippen LogP contribution in [0.15, 0.2) is 36.5 Å². The molecule has 0 aliphatic carbocycles. The fourth-order valence-electron chi connectivity index (χ4n) is 1.96. The van der Waals surface area contributed by atoms with Gasteiger partial charge >= 0.3 is 0 Å². The van der Waals surface area contributed by atoms with Crippen molar-refractivity contribution in [2.45, 2.75) is 13.5 Å². The molecule has 2 rings (SSSR count). The summed E-state index contributed by atoms with van der Waals surface area (Å²) < 4.78 is 1.87. The lowest BCUT2D eigenvalue weighted by molar-refractivity contribution is 0.101. The maximum absolute atomic E-state index is 12.3. The molecule has 2 aromatic rings. The Balaban J connectivity index is 2.29. The highest BCUT2D eigenvalue weighted by Crippen LogP contribution is 2.20. The summed E-state index contributed by atoms with van der Waals surface area (Å²) in [4.78, 5) is 12.3. The number of aromatic nitrogens is 1. The van der Waals surface area contributed by atoms with Crippen molar-refractivity contribution in [2.75, 3.05) is 11.9 Å². The number of hydrogen-bond donors (Lipinski definition) is 2. The van der Waals surface area contributed by atoms with Crippen LogP contribution in [-0.2, 0) is 6.54 Å². The molecule has 0 bridgehead atoms. The zero-order valence-corrected chi connectivity index (χ0v) is 12.4. The van der Waals surface area contributed by atoms with Crippen molar-refractivity contribution in [3.63, 3.8) is 0 Å². The van der Waals surface area contributed by atoms with Gasteiger partial charge in [0.05, 0.1) is 12.2 Å². The summed E-state index contributed by atoms with van der Waals surface area (Å²) >= 11 is 5.96. The molecule has 3 N–H and O–H groups in total. The van der Waals surface area contributed by atoms with Crippen molar-refractivity contribution in [3.05, 3.63) is 52.8 Å². The van der Waals surface area contributed by atoms with Gasteiger partial charge in [0.1, 0.15) is 5.69 Å². The van der Waals surface area contributed by atoms with Gasteiger partial charge in [-0.1, -0.05) is 23.4 Å². The van der Waals surface area contributed by atoms with Gasteiger partial charge < -0.3 is 15.6 Å². The van der Waals surface area contributed by atoms with E-state index in [9.17, 15) is 4.79 Å². The third-order valence-corrected chi connectivity index (χ3v) is 3.19. The fraction of sp³-hybridized carbons (Fsp3) is 0.188. The molecule has 0 saturated heterocycles. The van der Waals surface area contributed by atoms with Crippen LogP contribution in [0.4, 0.5) is 5.69 Å². The van der Waals surface area contributed by atoms with Crippen molar-refractivity contribution in [2.24, 2.45) is 5.73 Å². The number of benzene rings is 1. The van der Waals surface area contributed by atoms with Gasteiger partial charge in [-0.2, -0.15) is 0 Å². The zero-order valence-electron chi connectivity index (χ0n) is 11.7. The molecule has 1 amide bonds. The fourth-order valence-corrected chi connectivity index (χ4v) is 2.13. The third-order valence-electron chi connectivity index (χ3n) is 2.96. The van der Waals surface area contributed by atoms with E-state index in [1.807, 2.05) is 23.8 Å². The molecule has 1 aromatic carbocycles. The predicted octanol–water partition coefficient (Wildman–Crippen LogP) is 2.72. The second-order valence-electron chi connectivity index (χ2n) is 4.33. The lowest BCUT2D eigenvalue weighted by Gasteiger charge is -2.10. The highest BCUT2D eigenvalue weighted by Gasteiger charge is 2.12. The molecule has 4 nitrogen and oxygen atoms in total.